The van der Waals surface area contributed by atoms with Crippen molar-refractivity contribution in [3.05, 3.63) is 126 Å². The molecule has 0 fully saturated rings. The summed E-state index contributed by atoms with van der Waals surface area (Å²) >= 11 is 6.04. The van der Waals surface area contributed by atoms with E-state index in [-0.39, 0.29) is 5.91 Å². The minimum absolute atomic E-state index is 0.195. The Kier molecular flexibility index (Phi) is 6.02. The van der Waals surface area contributed by atoms with Gasteiger partial charge < -0.3 is 5.32 Å². The molecule has 3 nitrogen and oxygen atoms in total. The number of nitrogens with zero attached hydrogens (tertiary/aromatic N) is 1. The van der Waals surface area contributed by atoms with Crippen LogP contribution < -0.4 is 5.32 Å². The summed E-state index contributed by atoms with van der Waals surface area (Å²) in [5.41, 5.74) is 3.85. The lowest BCUT2D eigenvalue weighted by Gasteiger charge is -2.08. The van der Waals surface area contributed by atoms with E-state index in [0.717, 1.165) is 33.2 Å². The fourth-order valence-electron chi connectivity index (χ4n) is 3.24. The minimum atomic E-state index is -0.195. The van der Waals surface area contributed by atoms with Crippen molar-refractivity contribution in [1.29, 1.82) is 0 Å². The van der Waals surface area contributed by atoms with E-state index in [1.807, 2.05) is 84.9 Å². The number of fused-ring (bicyclic) bond motifs is 1. The van der Waals surface area contributed by atoms with Crippen LogP contribution in [0.15, 0.2) is 109 Å². The number of hydrogen-bond acceptors (Lipinski definition) is 2. The summed E-state index contributed by atoms with van der Waals surface area (Å²) in [5, 5.41) is 5.57. The van der Waals surface area contributed by atoms with Crippen LogP contribution in [-0.4, -0.2) is 10.9 Å². The van der Waals surface area contributed by atoms with Gasteiger partial charge in [-0.1, -0.05) is 78.4 Å². The van der Waals surface area contributed by atoms with Gasteiger partial charge >= 0.3 is 0 Å². The molecule has 0 saturated carbocycles. The van der Waals surface area contributed by atoms with E-state index in [4.69, 9.17) is 11.6 Å². The quantitative estimate of drug-likeness (QED) is 0.301. The van der Waals surface area contributed by atoms with Gasteiger partial charge in [-0.3, -0.25) is 9.78 Å². The normalized spacial score (nSPS) is 11.7. The van der Waals surface area contributed by atoms with Gasteiger partial charge in [0.1, 0.15) is 0 Å². The second-order valence-corrected chi connectivity index (χ2v) is 7.14. The van der Waals surface area contributed by atoms with Crippen molar-refractivity contribution in [3.63, 3.8) is 0 Å². The molecular weight excluding hydrogens is 392 g/mol. The molecule has 4 rings (SSSR count). The van der Waals surface area contributed by atoms with Crippen LogP contribution in [0.5, 0.6) is 0 Å². The van der Waals surface area contributed by atoms with Crippen LogP contribution in [-0.2, 0) is 4.79 Å². The number of aromatic nitrogens is 1. The average Bonchev–Trinajstić information content (AvgIpc) is 2.78. The number of halogens is 1. The summed E-state index contributed by atoms with van der Waals surface area (Å²) in [4.78, 5) is 16.6. The van der Waals surface area contributed by atoms with Gasteiger partial charge in [-0.05, 0) is 41.0 Å². The largest absolute Gasteiger partial charge is 0.322 e. The molecule has 146 valence electrons. The fourth-order valence-corrected chi connectivity index (χ4v) is 3.37. The molecule has 1 amide bonds. The minimum Gasteiger partial charge on any atom is -0.322 e. The monoisotopic (exact) mass is 410 g/mol. The summed E-state index contributed by atoms with van der Waals surface area (Å²) in [6, 6.07) is 25.3. The van der Waals surface area contributed by atoms with Crippen molar-refractivity contribution in [1.82, 2.24) is 4.98 Å². The number of allylic oxidation sites excluding steroid dienone is 2. The molecule has 0 aliphatic rings. The highest BCUT2D eigenvalue weighted by molar-refractivity contribution is 6.30. The molecule has 4 heteroatoms. The molecular formula is C26H19ClN2O. The standard InChI is InChI=1S/C26H19ClN2O/c27-22-14-12-20(13-15-22)23(19-6-2-1-3-7-19)9-5-11-26(30)29-25-10-4-8-21-18-28-17-16-24(21)25/h1-18H,(H,29,30)/b11-5+,23-9+. The first kappa shape index (κ1) is 19.6. The zero-order valence-electron chi connectivity index (χ0n) is 16.1. The Morgan fingerprint density at radius 1 is 0.867 bits per heavy atom. The predicted molar refractivity (Wildman–Crippen MR) is 124 cm³/mol. The fraction of sp³-hybridized carbons (Fsp3) is 0. The SMILES string of the molecule is O=C(/C=C/C=C(\c1ccccc1)c1ccc(Cl)cc1)Nc1cccc2cnccc12. The van der Waals surface area contributed by atoms with E-state index in [1.54, 1.807) is 18.5 Å². The molecule has 0 unspecified atom stereocenters. The molecule has 1 N–H and O–H groups in total. The molecule has 0 saturated heterocycles. The molecule has 0 aliphatic heterocycles. The smallest absolute Gasteiger partial charge is 0.248 e. The molecule has 3 aromatic carbocycles. The summed E-state index contributed by atoms with van der Waals surface area (Å²) in [7, 11) is 0. The summed E-state index contributed by atoms with van der Waals surface area (Å²) in [6.45, 7) is 0. The van der Waals surface area contributed by atoms with Gasteiger partial charge in [0.15, 0.2) is 0 Å². The van der Waals surface area contributed by atoms with Crippen LogP contribution in [0.2, 0.25) is 5.02 Å². The van der Waals surface area contributed by atoms with Crippen molar-refractivity contribution in [2.24, 2.45) is 0 Å². The molecule has 0 bridgehead atoms. The van der Waals surface area contributed by atoms with E-state index in [0.29, 0.717) is 5.02 Å². The molecule has 1 aromatic heterocycles. The van der Waals surface area contributed by atoms with Gasteiger partial charge in [0.25, 0.3) is 0 Å². The van der Waals surface area contributed by atoms with Crippen LogP contribution >= 0.6 is 11.6 Å². The van der Waals surface area contributed by atoms with Gasteiger partial charge in [-0.2, -0.15) is 0 Å². The van der Waals surface area contributed by atoms with Crippen molar-refractivity contribution in [2.45, 2.75) is 0 Å². The maximum absolute atomic E-state index is 12.5. The van der Waals surface area contributed by atoms with Crippen molar-refractivity contribution < 1.29 is 4.79 Å². The van der Waals surface area contributed by atoms with Crippen LogP contribution in [0, 0.1) is 0 Å². The third-order valence-corrected chi connectivity index (χ3v) is 4.94. The van der Waals surface area contributed by atoms with Crippen molar-refractivity contribution in [3.8, 4) is 0 Å². The predicted octanol–water partition coefficient (Wildman–Crippen LogP) is 6.51. The second kappa shape index (κ2) is 9.21. The van der Waals surface area contributed by atoms with Crippen LogP contribution in [0.4, 0.5) is 5.69 Å². The highest BCUT2D eigenvalue weighted by Crippen LogP contribution is 2.25. The molecule has 0 radical (unpaired) electrons. The number of nitrogens with one attached hydrogen (secondary N) is 1. The molecule has 1 heterocycles. The van der Waals surface area contributed by atoms with E-state index < -0.39 is 0 Å². The number of carbonyl (C=O) groups excluding carboxylic acids is 1. The van der Waals surface area contributed by atoms with Crippen molar-refractivity contribution >= 4 is 39.5 Å². The number of amides is 1. The average molecular weight is 411 g/mol. The lowest BCUT2D eigenvalue weighted by molar-refractivity contribution is -0.111. The Morgan fingerprint density at radius 2 is 1.63 bits per heavy atom. The Bertz CT molecular complexity index is 1220. The van der Waals surface area contributed by atoms with E-state index >= 15 is 0 Å². The van der Waals surface area contributed by atoms with Gasteiger partial charge in [0, 0.05) is 40.0 Å². The van der Waals surface area contributed by atoms with Crippen LogP contribution in [0.25, 0.3) is 16.3 Å². The first-order valence-corrected chi connectivity index (χ1v) is 9.92. The zero-order valence-corrected chi connectivity index (χ0v) is 16.9. The molecule has 4 aromatic rings. The summed E-state index contributed by atoms with van der Waals surface area (Å²) in [6.07, 6.45) is 8.72. The third kappa shape index (κ3) is 4.65. The molecule has 30 heavy (non-hydrogen) atoms. The van der Waals surface area contributed by atoms with Crippen LogP contribution in [0.1, 0.15) is 11.1 Å². The van der Waals surface area contributed by atoms with Gasteiger partial charge in [-0.15, -0.1) is 0 Å². The number of benzene rings is 3. The molecule has 0 spiro atoms. The second-order valence-electron chi connectivity index (χ2n) is 6.70. The van der Waals surface area contributed by atoms with Crippen molar-refractivity contribution in [2.75, 3.05) is 5.32 Å². The highest BCUT2D eigenvalue weighted by Gasteiger charge is 2.05. The first-order valence-electron chi connectivity index (χ1n) is 9.54. The first-order chi connectivity index (χ1) is 14.7. The van der Waals surface area contributed by atoms with E-state index in [9.17, 15) is 4.79 Å². The van der Waals surface area contributed by atoms with E-state index in [2.05, 4.69) is 10.3 Å². The Balaban J connectivity index is 1.58. The van der Waals surface area contributed by atoms with Gasteiger partial charge in [0.05, 0.1) is 0 Å². The number of pyridine rings is 1. The Morgan fingerprint density at radius 3 is 2.43 bits per heavy atom. The lowest BCUT2D eigenvalue weighted by atomic mass is 9.97. The number of rotatable bonds is 5. The maximum atomic E-state index is 12.5. The van der Waals surface area contributed by atoms with E-state index in [1.165, 1.54) is 6.08 Å². The number of hydrogen-bond donors (Lipinski definition) is 1. The zero-order chi connectivity index (χ0) is 20.8. The lowest BCUT2D eigenvalue weighted by Crippen LogP contribution is -2.08. The number of anilines is 1. The Hall–Kier alpha value is -3.69. The number of carbonyl (C=O) groups is 1. The summed E-state index contributed by atoms with van der Waals surface area (Å²) in [5.74, 6) is -0.195. The summed E-state index contributed by atoms with van der Waals surface area (Å²) < 4.78 is 0. The highest BCUT2D eigenvalue weighted by atomic mass is 35.5. The molecule has 0 atom stereocenters. The van der Waals surface area contributed by atoms with Gasteiger partial charge in [-0.25, -0.2) is 0 Å². The Labute approximate surface area is 180 Å². The maximum Gasteiger partial charge on any atom is 0.248 e. The third-order valence-electron chi connectivity index (χ3n) is 4.69. The van der Waals surface area contributed by atoms with Gasteiger partial charge in [0.2, 0.25) is 5.91 Å². The molecule has 0 aliphatic carbocycles. The topological polar surface area (TPSA) is 42.0 Å². The van der Waals surface area contributed by atoms with Crippen LogP contribution in [0.3, 0.4) is 0 Å².